The van der Waals surface area contributed by atoms with E-state index >= 15 is 0 Å². The van der Waals surface area contributed by atoms with Gasteiger partial charge in [-0.3, -0.25) is 9.88 Å². The second-order valence-electron chi connectivity index (χ2n) is 5.35. The molecule has 1 saturated heterocycles. The van der Waals surface area contributed by atoms with Gasteiger partial charge in [-0.15, -0.1) is 0 Å². The third-order valence-corrected chi connectivity index (χ3v) is 3.79. The maximum Gasteiger partial charge on any atom is 0.321 e. The van der Waals surface area contributed by atoms with Gasteiger partial charge in [0.1, 0.15) is 0 Å². The minimum atomic E-state index is -0.227. The first-order valence-electron chi connectivity index (χ1n) is 7.54. The summed E-state index contributed by atoms with van der Waals surface area (Å²) in [5, 5.41) is 5.71. The number of anilines is 1. The molecule has 0 bridgehead atoms. The molecule has 6 nitrogen and oxygen atoms in total. The van der Waals surface area contributed by atoms with Crippen LogP contribution in [0.4, 0.5) is 10.7 Å². The monoisotopic (exact) mass is 300 g/mol. The van der Waals surface area contributed by atoms with Gasteiger partial charge in [-0.2, -0.15) is 0 Å². The van der Waals surface area contributed by atoms with Crippen molar-refractivity contribution in [3.8, 4) is 5.69 Å². The lowest BCUT2D eigenvalue weighted by Crippen LogP contribution is -2.35. The van der Waals surface area contributed by atoms with E-state index in [1.165, 1.54) is 0 Å². The summed E-state index contributed by atoms with van der Waals surface area (Å²) in [4.78, 5) is 16.2. The minimum absolute atomic E-state index is 0.227. The van der Waals surface area contributed by atoms with Gasteiger partial charge in [0.25, 0.3) is 0 Å². The minimum Gasteiger partial charge on any atom is -0.381 e. The summed E-state index contributed by atoms with van der Waals surface area (Å²) in [5.74, 6) is 1.00. The third-order valence-electron chi connectivity index (χ3n) is 3.79. The predicted molar refractivity (Wildman–Crippen MR) is 84.1 cm³/mol. The zero-order valence-electron chi connectivity index (χ0n) is 12.4. The Morgan fingerprint density at radius 3 is 2.82 bits per heavy atom. The highest BCUT2D eigenvalue weighted by atomic mass is 16.5. The largest absolute Gasteiger partial charge is 0.381 e. The molecule has 2 amide bonds. The van der Waals surface area contributed by atoms with Crippen LogP contribution >= 0.6 is 0 Å². The number of para-hydroxylation sites is 1. The molecule has 1 aliphatic heterocycles. The number of nitrogens with one attached hydrogen (secondary N) is 2. The molecule has 2 heterocycles. The second-order valence-corrected chi connectivity index (χ2v) is 5.35. The molecule has 1 aromatic carbocycles. The Labute approximate surface area is 129 Å². The number of benzene rings is 1. The van der Waals surface area contributed by atoms with Gasteiger partial charge in [0, 0.05) is 37.8 Å². The molecule has 1 aromatic heterocycles. The highest BCUT2D eigenvalue weighted by Gasteiger charge is 2.15. The van der Waals surface area contributed by atoms with E-state index in [-0.39, 0.29) is 6.03 Å². The Hall–Kier alpha value is -2.34. The lowest BCUT2D eigenvalue weighted by molar-refractivity contribution is 0.0671. The molecule has 116 valence electrons. The fourth-order valence-electron chi connectivity index (χ4n) is 2.53. The van der Waals surface area contributed by atoms with E-state index in [1.807, 2.05) is 41.1 Å². The number of hydrogen-bond donors (Lipinski definition) is 2. The van der Waals surface area contributed by atoms with Gasteiger partial charge < -0.3 is 10.1 Å². The van der Waals surface area contributed by atoms with Crippen LogP contribution in [0, 0.1) is 5.92 Å². The third kappa shape index (κ3) is 3.65. The smallest absolute Gasteiger partial charge is 0.321 e. The van der Waals surface area contributed by atoms with Gasteiger partial charge in [0.2, 0.25) is 5.95 Å². The van der Waals surface area contributed by atoms with Crippen LogP contribution in [0.25, 0.3) is 5.69 Å². The molecule has 1 fully saturated rings. The zero-order valence-corrected chi connectivity index (χ0v) is 12.4. The Bertz CT molecular complexity index is 606. The Morgan fingerprint density at radius 1 is 1.27 bits per heavy atom. The van der Waals surface area contributed by atoms with E-state index in [1.54, 1.807) is 6.20 Å². The van der Waals surface area contributed by atoms with E-state index in [0.29, 0.717) is 18.4 Å². The molecule has 0 spiro atoms. The topological polar surface area (TPSA) is 68.2 Å². The molecule has 3 rings (SSSR count). The van der Waals surface area contributed by atoms with Crippen molar-refractivity contribution in [3.63, 3.8) is 0 Å². The van der Waals surface area contributed by atoms with Crippen molar-refractivity contribution in [1.29, 1.82) is 0 Å². The normalized spacial score (nSPS) is 15.5. The molecule has 2 aromatic rings. The Morgan fingerprint density at radius 2 is 2.05 bits per heavy atom. The first kappa shape index (κ1) is 14.6. The number of rotatable bonds is 4. The maximum absolute atomic E-state index is 12.0. The van der Waals surface area contributed by atoms with Crippen LogP contribution in [-0.4, -0.2) is 35.3 Å². The van der Waals surface area contributed by atoms with E-state index < -0.39 is 0 Å². The van der Waals surface area contributed by atoms with Crippen LogP contribution in [0.1, 0.15) is 12.8 Å². The van der Waals surface area contributed by atoms with Crippen LogP contribution in [0.3, 0.4) is 0 Å². The summed E-state index contributed by atoms with van der Waals surface area (Å²) >= 11 is 0. The summed E-state index contributed by atoms with van der Waals surface area (Å²) in [6.07, 6.45) is 5.49. The van der Waals surface area contributed by atoms with Crippen molar-refractivity contribution in [2.45, 2.75) is 12.8 Å². The Balaban J connectivity index is 1.57. The van der Waals surface area contributed by atoms with Crippen molar-refractivity contribution in [2.24, 2.45) is 5.92 Å². The highest BCUT2D eigenvalue weighted by Crippen LogP contribution is 2.15. The molecular weight excluding hydrogens is 280 g/mol. The van der Waals surface area contributed by atoms with Crippen LogP contribution in [0.2, 0.25) is 0 Å². The van der Waals surface area contributed by atoms with E-state index in [9.17, 15) is 4.79 Å². The Kier molecular flexibility index (Phi) is 4.70. The molecule has 0 atom stereocenters. The molecule has 22 heavy (non-hydrogen) atoms. The van der Waals surface area contributed by atoms with Crippen molar-refractivity contribution in [3.05, 3.63) is 42.7 Å². The number of urea groups is 1. The molecule has 2 N–H and O–H groups in total. The first-order chi connectivity index (χ1) is 10.8. The average molecular weight is 300 g/mol. The van der Waals surface area contributed by atoms with Gasteiger partial charge in [-0.1, -0.05) is 18.2 Å². The summed E-state index contributed by atoms with van der Waals surface area (Å²) in [6.45, 7) is 2.24. The number of carbonyl (C=O) groups is 1. The lowest BCUT2D eigenvalue weighted by atomic mass is 10.0. The summed E-state index contributed by atoms with van der Waals surface area (Å²) < 4.78 is 7.16. The first-order valence-corrected chi connectivity index (χ1v) is 7.54. The SMILES string of the molecule is O=C(NCC1CCOCC1)Nc1nccn1-c1ccccc1. The van der Waals surface area contributed by atoms with Crippen molar-refractivity contribution in [2.75, 3.05) is 25.1 Å². The summed E-state index contributed by atoms with van der Waals surface area (Å²) in [5.41, 5.74) is 0.958. The molecule has 0 radical (unpaired) electrons. The van der Waals surface area contributed by atoms with Crippen LogP contribution in [0.15, 0.2) is 42.7 Å². The number of carbonyl (C=O) groups excluding carboxylic acids is 1. The van der Waals surface area contributed by atoms with Crippen LogP contribution < -0.4 is 10.6 Å². The molecule has 6 heteroatoms. The van der Waals surface area contributed by atoms with Crippen LogP contribution in [-0.2, 0) is 4.74 Å². The summed E-state index contributed by atoms with van der Waals surface area (Å²) in [7, 11) is 0. The predicted octanol–water partition coefficient (Wildman–Crippen LogP) is 2.42. The van der Waals surface area contributed by atoms with Gasteiger partial charge in [-0.05, 0) is 30.9 Å². The number of imidazole rings is 1. The van der Waals surface area contributed by atoms with Crippen molar-refractivity contribution >= 4 is 12.0 Å². The molecule has 0 saturated carbocycles. The van der Waals surface area contributed by atoms with Crippen molar-refractivity contribution in [1.82, 2.24) is 14.9 Å². The molecular formula is C16H20N4O2. The lowest BCUT2D eigenvalue weighted by Gasteiger charge is -2.22. The molecule has 1 aliphatic rings. The van der Waals surface area contributed by atoms with Gasteiger partial charge in [0.15, 0.2) is 0 Å². The fraction of sp³-hybridized carbons (Fsp3) is 0.375. The summed E-state index contributed by atoms with van der Waals surface area (Å²) in [6, 6.07) is 9.55. The van der Waals surface area contributed by atoms with Crippen molar-refractivity contribution < 1.29 is 9.53 Å². The average Bonchev–Trinajstić information content (AvgIpc) is 3.03. The van der Waals surface area contributed by atoms with Gasteiger partial charge in [0.05, 0.1) is 0 Å². The maximum atomic E-state index is 12.0. The van der Waals surface area contributed by atoms with Crippen LogP contribution in [0.5, 0.6) is 0 Å². The van der Waals surface area contributed by atoms with E-state index in [4.69, 9.17) is 4.74 Å². The van der Waals surface area contributed by atoms with Gasteiger partial charge >= 0.3 is 6.03 Å². The van der Waals surface area contributed by atoms with E-state index in [2.05, 4.69) is 15.6 Å². The highest BCUT2D eigenvalue weighted by molar-refractivity contribution is 5.87. The number of hydrogen-bond acceptors (Lipinski definition) is 3. The number of amides is 2. The fourth-order valence-corrected chi connectivity index (χ4v) is 2.53. The number of nitrogens with zero attached hydrogens (tertiary/aromatic N) is 2. The molecule has 0 unspecified atom stereocenters. The number of aromatic nitrogens is 2. The number of ether oxygens (including phenoxy) is 1. The zero-order chi connectivity index (χ0) is 15.2. The second kappa shape index (κ2) is 7.09. The van der Waals surface area contributed by atoms with Gasteiger partial charge in [-0.25, -0.2) is 9.78 Å². The molecule has 0 aliphatic carbocycles. The van der Waals surface area contributed by atoms with E-state index in [0.717, 1.165) is 31.7 Å². The standard InChI is InChI=1S/C16H20N4O2/c21-16(18-12-13-6-10-22-11-7-13)19-15-17-8-9-20(15)14-4-2-1-3-5-14/h1-5,8-9,13H,6-7,10-12H2,(H2,17,18,19,21). The quantitative estimate of drug-likeness (QED) is 0.911.